The average Bonchev–Trinajstić information content (AvgIpc) is 2.82. The van der Waals surface area contributed by atoms with Crippen LogP contribution in [0.3, 0.4) is 0 Å². The molecule has 0 aromatic carbocycles. The van der Waals surface area contributed by atoms with Crippen molar-refractivity contribution in [2.24, 2.45) is 0 Å². The molecular weight excluding hydrogens is 493 g/mol. The Morgan fingerprint density at radius 3 is 1.89 bits per heavy atom. The number of carbonyl (C=O) groups is 1. The smallest absolute Gasteiger partial charge is 0.306 e. The Kier molecular flexibility index (Phi) is 21.1. The zero-order valence-corrected chi connectivity index (χ0v) is 24.0. The van der Waals surface area contributed by atoms with Crippen molar-refractivity contribution in [1.29, 1.82) is 0 Å². The molecule has 0 fully saturated rings. The molecule has 0 aliphatic heterocycles. The second-order valence-corrected chi connectivity index (χ2v) is 10.9. The monoisotopic (exact) mass is 541 g/mol. The molecule has 2 atom stereocenters. The first-order valence-corrected chi connectivity index (χ1v) is 14.5. The molecule has 0 aliphatic carbocycles. The summed E-state index contributed by atoms with van der Waals surface area (Å²) in [5.74, 6) is -0.512. The molecule has 0 spiro atoms. The molecule has 1 N–H and O–H groups in total. The first-order valence-electron chi connectivity index (χ1n) is 13.1. The van der Waals surface area contributed by atoms with Crippen LogP contribution in [0, 0.1) is 0 Å². The fraction of sp³-hybridized carbons (Fsp3) is 0.607. The number of likely N-dealkylation sites (N-methyl/N-ethyl adjacent to an activating group) is 1. The molecule has 212 valence electrons. The number of nitrogens with zero attached hydrogens (tertiary/aromatic N) is 1. The van der Waals surface area contributed by atoms with Gasteiger partial charge >= 0.3 is 5.97 Å². The van der Waals surface area contributed by atoms with E-state index in [-0.39, 0.29) is 13.0 Å². The average molecular weight is 542 g/mol. The van der Waals surface area contributed by atoms with Crippen LogP contribution >= 0.6 is 7.82 Å². The van der Waals surface area contributed by atoms with E-state index in [1.165, 1.54) is 0 Å². The van der Waals surface area contributed by atoms with Crippen LogP contribution in [0.25, 0.3) is 0 Å². The van der Waals surface area contributed by atoms with Gasteiger partial charge < -0.3 is 28.3 Å². The van der Waals surface area contributed by atoms with Crippen LogP contribution < -0.4 is 4.89 Å². The second-order valence-electron chi connectivity index (χ2n) is 9.48. The summed E-state index contributed by atoms with van der Waals surface area (Å²) in [5.41, 5.74) is 0. The van der Waals surface area contributed by atoms with Crippen LogP contribution in [-0.4, -0.2) is 69.2 Å². The number of quaternary nitrogens is 1. The lowest BCUT2D eigenvalue weighted by atomic mass is 10.2. The van der Waals surface area contributed by atoms with E-state index in [9.17, 15) is 19.4 Å². The van der Waals surface area contributed by atoms with E-state index < -0.39 is 33.1 Å². The number of allylic oxidation sites excluding steroid dienone is 10. The van der Waals surface area contributed by atoms with Gasteiger partial charge in [-0.15, -0.1) is 0 Å². The van der Waals surface area contributed by atoms with Crippen molar-refractivity contribution in [2.75, 3.05) is 47.5 Å². The van der Waals surface area contributed by atoms with Gasteiger partial charge in [0.15, 0.2) is 0 Å². The molecule has 0 rings (SSSR count). The van der Waals surface area contributed by atoms with E-state index in [4.69, 9.17) is 13.8 Å². The van der Waals surface area contributed by atoms with E-state index in [1.807, 2.05) is 33.3 Å². The van der Waals surface area contributed by atoms with Gasteiger partial charge in [0.1, 0.15) is 19.3 Å². The lowest BCUT2D eigenvalue weighted by molar-refractivity contribution is -0.870. The molecule has 0 radical (unpaired) electrons. The Morgan fingerprint density at radius 2 is 1.41 bits per heavy atom. The molecule has 0 saturated carbocycles. The number of esters is 1. The topological polar surface area (TPSA) is 105 Å². The predicted molar refractivity (Wildman–Crippen MR) is 148 cm³/mol. The van der Waals surface area contributed by atoms with Crippen molar-refractivity contribution < 1.29 is 37.6 Å². The third kappa shape index (κ3) is 25.6. The summed E-state index contributed by atoms with van der Waals surface area (Å²) in [6.07, 6.45) is 26.5. The number of carbonyl (C=O) groups excluding carboxylic acids is 1. The summed E-state index contributed by atoms with van der Waals surface area (Å²) >= 11 is 0. The third-order valence-electron chi connectivity index (χ3n) is 4.84. The molecule has 0 heterocycles. The Bertz CT molecular complexity index is 782. The molecule has 0 amide bonds. The van der Waals surface area contributed by atoms with Crippen molar-refractivity contribution >= 4 is 13.8 Å². The standard InChI is InChI=1S/C28H48NO7P/c1-5-6-7-8-9-10-11-12-13-14-15-16-17-18-19-20-21-22-28(31)36-27(25-30)26-35-37(32,33)34-24-23-29(2,3)4/h6-7,9-10,12-13,15-16,18-19,27,30H,5,8,11,14,17,20-26H2,1-4H3/b7-6-,10-9-,13-12-,16-15-,19-18-/t27-/m1/s1. The molecule has 0 saturated heterocycles. The summed E-state index contributed by atoms with van der Waals surface area (Å²) in [6, 6.07) is 0. The van der Waals surface area contributed by atoms with Crippen LogP contribution in [0.2, 0.25) is 0 Å². The van der Waals surface area contributed by atoms with E-state index in [1.54, 1.807) is 0 Å². The highest BCUT2D eigenvalue weighted by molar-refractivity contribution is 7.45. The summed E-state index contributed by atoms with van der Waals surface area (Å²) in [6.45, 7) is 1.56. The van der Waals surface area contributed by atoms with Crippen molar-refractivity contribution in [3.05, 3.63) is 60.8 Å². The summed E-state index contributed by atoms with van der Waals surface area (Å²) in [4.78, 5) is 23.8. The maximum Gasteiger partial charge on any atom is 0.306 e. The van der Waals surface area contributed by atoms with Crippen molar-refractivity contribution in [1.82, 2.24) is 0 Å². The summed E-state index contributed by atoms with van der Waals surface area (Å²) in [7, 11) is 1.19. The maximum absolute atomic E-state index is 12.0. The molecular formula is C28H48NO7P. The fourth-order valence-electron chi connectivity index (χ4n) is 2.74. The zero-order valence-electron chi connectivity index (χ0n) is 23.1. The van der Waals surface area contributed by atoms with E-state index in [0.29, 0.717) is 17.4 Å². The number of hydrogen-bond donors (Lipinski definition) is 1. The number of aliphatic hydroxyl groups is 1. The number of ether oxygens (including phenoxy) is 1. The van der Waals surface area contributed by atoms with Crippen molar-refractivity contribution in [2.45, 2.75) is 64.4 Å². The minimum absolute atomic E-state index is 0.0241. The van der Waals surface area contributed by atoms with Gasteiger partial charge in [-0.1, -0.05) is 67.7 Å². The van der Waals surface area contributed by atoms with Crippen LogP contribution in [0.15, 0.2) is 60.8 Å². The minimum atomic E-state index is -4.53. The lowest BCUT2D eigenvalue weighted by Gasteiger charge is -2.28. The van der Waals surface area contributed by atoms with Crippen LogP contribution in [0.1, 0.15) is 58.3 Å². The number of rotatable bonds is 22. The van der Waals surface area contributed by atoms with Crippen LogP contribution in [0.4, 0.5) is 0 Å². The Labute approximate surface area is 224 Å². The van der Waals surface area contributed by atoms with Gasteiger partial charge in [-0.3, -0.25) is 9.36 Å². The quantitative estimate of drug-likeness (QED) is 0.0675. The highest BCUT2D eigenvalue weighted by Crippen LogP contribution is 2.38. The molecule has 37 heavy (non-hydrogen) atoms. The van der Waals surface area contributed by atoms with Crippen LogP contribution in [0.5, 0.6) is 0 Å². The van der Waals surface area contributed by atoms with Gasteiger partial charge in [-0.25, -0.2) is 0 Å². The van der Waals surface area contributed by atoms with Gasteiger partial charge in [0.25, 0.3) is 7.82 Å². The van der Waals surface area contributed by atoms with Gasteiger partial charge in [-0.2, -0.15) is 0 Å². The van der Waals surface area contributed by atoms with E-state index >= 15 is 0 Å². The maximum atomic E-state index is 12.0. The van der Waals surface area contributed by atoms with Gasteiger partial charge in [-0.05, 0) is 44.9 Å². The first-order chi connectivity index (χ1) is 17.6. The largest absolute Gasteiger partial charge is 0.756 e. The summed E-state index contributed by atoms with van der Waals surface area (Å²) in [5, 5.41) is 9.36. The van der Waals surface area contributed by atoms with Gasteiger partial charge in [0.05, 0.1) is 34.4 Å². The number of aliphatic hydroxyl groups excluding tert-OH is 1. The summed E-state index contributed by atoms with van der Waals surface area (Å²) < 4.78 is 27.0. The number of hydrogen-bond acceptors (Lipinski definition) is 7. The highest BCUT2D eigenvalue weighted by Gasteiger charge is 2.19. The zero-order chi connectivity index (χ0) is 27.8. The Morgan fingerprint density at radius 1 is 0.892 bits per heavy atom. The predicted octanol–water partition coefficient (Wildman–Crippen LogP) is 5.02. The van der Waals surface area contributed by atoms with E-state index in [0.717, 1.165) is 38.5 Å². The molecule has 0 bridgehead atoms. The number of phosphoric ester groups is 1. The van der Waals surface area contributed by atoms with Crippen LogP contribution in [-0.2, 0) is 23.1 Å². The Hall–Kier alpha value is -1.80. The molecule has 0 aliphatic rings. The number of phosphoric acid groups is 1. The Balaban J connectivity index is 3.94. The molecule has 9 heteroatoms. The first kappa shape index (κ1) is 35.2. The van der Waals surface area contributed by atoms with Crippen molar-refractivity contribution in [3.8, 4) is 0 Å². The number of unbranched alkanes of at least 4 members (excludes halogenated alkanes) is 1. The van der Waals surface area contributed by atoms with Crippen molar-refractivity contribution in [3.63, 3.8) is 0 Å². The second kappa shape index (κ2) is 22.2. The highest BCUT2D eigenvalue weighted by atomic mass is 31.2. The molecule has 0 aromatic heterocycles. The molecule has 1 unspecified atom stereocenters. The van der Waals surface area contributed by atoms with Gasteiger partial charge in [0.2, 0.25) is 0 Å². The fourth-order valence-corrected chi connectivity index (χ4v) is 3.47. The normalized spacial score (nSPS) is 15.5. The lowest BCUT2D eigenvalue weighted by Crippen LogP contribution is -2.37. The van der Waals surface area contributed by atoms with Gasteiger partial charge in [0, 0.05) is 6.42 Å². The van der Waals surface area contributed by atoms with E-state index in [2.05, 4.69) is 55.5 Å². The molecule has 0 aromatic rings. The third-order valence-corrected chi connectivity index (χ3v) is 5.81. The SMILES string of the molecule is CC/C=C\C/C=C\C/C=C\C/C=C\C/C=C\CCCC(=O)O[C@H](CO)COP(=O)([O-])OCC[N+](C)(C)C. The minimum Gasteiger partial charge on any atom is -0.756 e. The molecule has 8 nitrogen and oxygen atoms in total.